The molecule has 1 aromatic rings. The van der Waals surface area contributed by atoms with Crippen molar-refractivity contribution in [2.45, 2.75) is 40.7 Å². The van der Waals surface area contributed by atoms with Crippen molar-refractivity contribution < 1.29 is 14.3 Å². The number of esters is 1. The predicted octanol–water partition coefficient (Wildman–Crippen LogP) is 2.90. The van der Waals surface area contributed by atoms with Crippen molar-refractivity contribution in [1.29, 1.82) is 0 Å². The van der Waals surface area contributed by atoms with Gasteiger partial charge >= 0.3 is 5.97 Å². The van der Waals surface area contributed by atoms with Gasteiger partial charge in [-0.25, -0.2) is 4.79 Å². The van der Waals surface area contributed by atoms with Crippen LogP contribution < -0.4 is 5.32 Å². The summed E-state index contributed by atoms with van der Waals surface area (Å²) in [6.45, 7) is 10.7. The number of amides is 1. The van der Waals surface area contributed by atoms with Gasteiger partial charge in [-0.2, -0.15) is 0 Å². The lowest BCUT2D eigenvalue weighted by Crippen LogP contribution is -2.30. The van der Waals surface area contributed by atoms with Crippen LogP contribution >= 0.6 is 11.3 Å². The van der Waals surface area contributed by atoms with Gasteiger partial charge in [-0.05, 0) is 25.5 Å². The van der Waals surface area contributed by atoms with E-state index < -0.39 is 0 Å². The maximum atomic E-state index is 12.3. The highest BCUT2D eigenvalue weighted by Crippen LogP contribution is 2.37. The van der Waals surface area contributed by atoms with Gasteiger partial charge in [0.2, 0.25) is 5.91 Å². The Bertz CT molecular complexity index is 566. The van der Waals surface area contributed by atoms with Gasteiger partial charge in [-0.3, -0.25) is 9.69 Å². The second-order valence-electron chi connectivity index (χ2n) is 5.69. The molecule has 0 atom stereocenters. The van der Waals surface area contributed by atoms with Gasteiger partial charge in [0.1, 0.15) is 5.00 Å². The maximum absolute atomic E-state index is 12.3. The molecule has 1 amide bonds. The number of carbonyl (C=O) groups is 2. The molecule has 0 aromatic carbocycles. The Morgan fingerprint density at radius 2 is 2.09 bits per heavy atom. The van der Waals surface area contributed by atoms with Crippen molar-refractivity contribution in [3.63, 3.8) is 0 Å². The highest BCUT2D eigenvalue weighted by atomic mass is 32.1. The second-order valence-corrected chi connectivity index (χ2v) is 6.80. The van der Waals surface area contributed by atoms with Crippen molar-refractivity contribution in [3.05, 3.63) is 16.0 Å². The monoisotopic (exact) mass is 324 g/mol. The molecule has 1 aliphatic rings. The van der Waals surface area contributed by atoms with Crippen LogP contribution in [0.3, 0.4) is 0 Å². The SMILES string of the molecule is CCOC(=O)c1c(NC(=O)C(C)C)sc2c1CCN(CC)C2. The van der Waals surface area contributed by atoms with Crippen molar-refractivity contribution in [2.75, 3.05) is 25.0 Å². The summed E-state index contributed by atoms with van der Waals surface area (Å²) in [4.78, 5) is 27.8. The zero-order valence-electron chi connectivity index (χ0n) is 13.7. The standard InChI is InChI=1S/C16H24N2O3S/c1-5-18-8-7-11-12(9-18)22-15(17-14(19)10(3)4)13(11)16(20)21-6-2/h10H,5-9H2,1-4H3,(H,17,19). The predicted molar refractivity (Wildman–Crippen MR) is 88.4 cm³/mol. The minimum Gasteiger partial charge on any atom is -0.462 e. The lowest BCUT2D eigenvalue weighted by molar-refractivity contribution is -0.118. The molecule has 0 saturated heterocycles. The van der Waals surface area contributed by atoms with Crippen molar-refractivity contribution >= 4 is 28.2 Å². The fourth-order valence-corrected chi connectivity index (χ4v) is 3.77. The number of hydrogen-bond donors (Lipinski definition) is 1. The van der Waals surface area contributed by atoms with Gasteiger partial charge in [-0.15, -0.1) is 11.3 Å². The molecule has 0 unspecified atom stereocenters. The maximum Gasteiger partial charge on any atom is 0.341 e. The molecule has 0 spiro atoms. The molecule has 0 aliphatic carbocycles. The van der Waals surface area contributed by atoms with Gasteiger partial charge < -0.3 is 10.1 Å². The van der Waals surface area contributed by atoms with Crippen LogP contribution in [-0.2, 0) is 22.5 Å². The van der Waals surface area contributed by atoms with E-state index in [1.165, 1.54) is 11.3 Å². The number of anilines is 1. The molecule has 2 heterocycles. The second kappa shape index (κ2) is 7.24. The number of hydrogen-bond acceptors (Lipinski definition) is 5. The Morgan fingerprint density at radius 3 is 2.68 bits per heavy atom. The molecule has 6 heteroatoms. The summed E-state index contributed by atoms with van der Waals surface area (Å²) in [6, 6.07) is 0. The molecule has 1 aliphatic heterocycles. The van der Waals surface area contributed by atoms with E-state index in [0.29, 0.717) is 17.2 Å². The molecule has 0 saturated carbocycles. The van der Waals surface area contributed by atoms with Gasteiger partial charge in [-0.1, -0.05) is 20.8 Å². The fourth-order valence-electron chi connectivity index (χ4n) is 2.49. The normalized spacial score (nSPS) is 14.8. The molecule has 0 radical (unpaired) electrons. The van der Waals surface area contributed by atoms with Gasteiger partial charge in [0, 0.05) is 23.9 Å². The fraction of sp³-hybridized carbons (Fsp3) is 0.625. The number of likely N-dealkylation sites (N-methyl/N-ethyl adjacent to an activating group) is 1. The van der Waals surface area contributed by atoms with Crippen LogP contribution in [0.1, 0.15) is 48.5 Å². The lowest BCUT2D eigenvalue weighted by atomic mass is 10.0. The Morgan fingerprint density at radius 1 is 1.36 bits per heavy atom. The van der Waals surface area contributed by atoms with Crippen LogP contribution in [0.5, 0.6) is 0 Å². The minimum atomic E-state index is -0.330. The topological polar surface area (TPSA) is 58.6 Å². The Labute approximate surface area is 135 Å². The van der Waals surface area contributed by atoms with E-state index >= 15 is 0 Å². The molecule has 2 rings (SSSR count). The van der Waals surface area contributed by atoms with Crippen LogP contribution in [0.2, 0.25) is 0 Å². The third kappa shape index (κ3) is 3.50. The smallest absolute Gasteiger partial charge is 0.341 e. The summed E-state index contributed by atoms with van der Waals surface area (Å²) in [6.07, 6.45) is 0.825. The zero-order valence-corrected chi connectivity index (χ0v) is 14.5. The van der Waals surface area contributed by atoms with E-state index in [2.05, 4.69) is 17.1 Å². The number of ether oxygens (including phenoxy) is 1. The van der Waals surface area contributed by atoms with Crippen LogP contribution in [0.4, 0.5) is 5.00 Å². The molecule has 1 aromatic heterocycles. The molecular weight excluding hydrogens is 300 g/mol. The number of thiophene rings is 1. The minimum absolute atomic E-state index is 0.0727. The summed E-state index contributed by atoms with van der Waals surface area (Å²) < 4.78 is 5.19. The van der Waals surface area contributed by atoms with E-state index in [1.807, 2.05) is 13.8 Å². The summed E-state index contributed by atoms with van der Waals surface area (Å²) in [5, 5.41) is 3.54. The van der Waals surface area contributed by atoms with Crippen molar-refractivity contribution in [1.82, 2.24) is 4.90 Å². The summed E-state index contributed by atoms with van der Waals surface area (Å²) in [5.74, 6) is -0.526. The van der Waals surface area contributed by atoms with Crippen LogP contribution in [-0.4, -0.2) is 36.5 Å². The summed E-state index contributed by atoms with van der Waals surface area (Å²) in [5.41, 5.74) is 1.61. The summed E-state index contributed by atoms with van der Waals surface area (Å²) >= 11 is 1.51. The highest BCUT2D eigenvalue weighted by Gasteiger charge is 2.29. The van der Waals surface area contributed by atoms with E-state index in [9.17, 15) is 9.59 Å². The number of nitrogens with one attached hydrogen (secondary N) is 1. The average molecular weight is 324 g/mol. The third-order valence-corrected chi connectivity index (χ3v) is 4.96. The quantitative estimate of drug-likeness (QED) is 0.846. The largest absolute Gasteiger partial charge is 0.462 e. The third-order valence-electron chi connectivity index (χ3n) is 3.82. The Balaban J connectivity index is 2.37. The van der Waals surface area contributed by atoms with Crippen LogP contribution in [0, 0.1) is 5.92 Å². The highest BCUT2D eigenvalue weighted by molar-refractivity contribution is 7.17. The molecule has 1 N–H and O–H groups in total. The van der Waals surface area contributed by atoms with E-state index in [4.69, 9.17) is 4.74 Å². The molecule has 0 bridgehead atoms. The number of nitrogens with zero attached hydrogens (tertiary/aromatic N) is 1. The molecular formula is C16H24N2O3S. The van der Waals surface area contributed by atoms with E-state index in [-0.39, 0.29) is 17.8 Å². The first-order valence-corrected chi connectivity index (χ1v) is 8.64. The number of carbonyl (C=O) groups excluding carboxylic acids is 2. The first-order valence-electron chi connectivity index (χ1n) is 7.82. The Hall–Kier alpha value is -1.40. The zero-order chi connectivity index (χ0) is 16.3. The van der Waals surface area contributed by atoms with E-state index in [0.717, 1.165) is 36.5 Å². The van der Waals surface area contributed by atoms with Crippen LogP contribution in [0.15, 0.2) is 0 Å². The molecule has 122 valence electrons. The number of rotatable bonds is 5. The summed E-state index contributed by atoms with van der Waals surface area (Å²) in [7, 11) is 0. The lowest BCUT2D eigenvalue weighted by Gasteiger charge is -2.25. The van der Waals surface area contributed by atoms with E-state index in [1.54, 1.807) is 6.92 Å². The first-order chi connectivity index (χ1) is 10.5. The van der Waals surface area contributed by atoms with Gasteiger partial charge in [0.05, 0.1) is 12.2 Å². The van der Waals surface area contributed by atoms with Gasteiger partial charge in [0.15, 0.2) is 0 Å². The molecule has 0 fully saturated rings. The number of fused-ring (bicyclic) bond motifs is 1. The Kier molecular flexibility index (Phi) is 5.58. The molecule has 22 heavy (non-hydrogen) atoms. The molecule has 5 nitrogen and oxygen atoms in total. The van der Waals surface area contributed by atoms with Crippen molar-refractivity contribution in [3.8, 4) is 0 Å². The first kappa shape index (κ1) is 17.0. The van der Waals surface area contributed by atoms with Crippen molar-refractivity contribution in [2.24, 2.45) is 5.92 Å². The van der Waals surface area contributed by atoms with Gasteiger partial charge in [0.25, 0.3) is 0 Å². The van der Waals surface area contributed by atoms with Crippen LogP contribution in [0.25, 0.3) is 0 Å². The average Bonchev–Trinajstić information content (AvgIpc) is 2.83.